The first-order valence-corrected chi connectivity index (χ1v) is 15.2. The minimum absolute atomic E-state index is 0.286. The van der Waals surface area contributed by atoms with Crippen LogP contribution in [0.5, 0.6) is 5.75 Å². The molecule has 0 saturated carbocycles. The predicted octanol–water partition coefficient (Wildman–Crippen LogP) is 8.07. The van der Waals surface area contributed by atoms with Gasteiger partial charge in [-0.15, -0.1) is 0 Å². The van der Waals surface area contributed by atoms with Crippen molar-refractivity contribution >= 4 is 34.8 Å². The molecule has 0 N–H and O–H groups in total. The fourth-order valence-electron chi connectivity index (χ4n) is 6.60. The maximum Gasteiger partial charge on any atom is 0.342 e. The Morgan fingerprint density at radius 2 is 1.81 bits per heavy atom. The van der Waals surface area contributed by atoms with Crippen molar-refractivity contribution in [3.05, 3.63) is 70.0 Å². The van der Waals surface area contributed by atoms with E-state index in [-0.39, 0.29) is 12.6 Å². The van der Waals surface area contributed by atoms with Crippen molar-refractivity contribution in [2.45, 2.75) is 79.3 Å². The Morgan fingerprint density at radius 3 is 2.45 bits per heavy atom. The maximum absolute atomic E-state index is 13.3. The van der Waals surface area contributed by atoms with Gasteiger partial charge in [0.25, 0.3) is 0 Å². The Morgan fingerprint density at radius 1 is 1.05 bits per heavy atom. The summed E-state index contributed by atoms with van der Waals surface area (Å²) in [4.78, 5) is 25.3. The van der Waals surface area contributed by atoms with Gasteiger partial charge in [-0.05, 0) is 86.6 Å². The number of methoxy groups -OCH3 is 1. The number of esters is 1. The Balaban J connectivity index is 1.89. The van der Waals surface area contributed by atoms with Gasteiger partial charge in [-0.25, -0.2) is 4.79 Å². The number of aryl methyl sites for hydroxylation is 2. The van der Waals surface area contributed by atoms with Crippen molar-refractivity contribution in [3.8, 4) is 17.0 Å². The number of aldehydes is 1. The molecule has 2 aromatic carbocycles. The molecule has 0 saturated heterocycles. The summed E-state index contributed by atoms with van der Waals surface area (Å²) in [5, 5.41) is 5.93. The van der Waals surface area contributed by atoms with Gasteiger partial charge in [-0.1, -0.05) is 38.8 Å². The zero-order valence-electron chi connectivity index (χ0n) is 25.6. The molecule has 2 aromatic heterocycles. The number of aromatic nitrogens is 3. The van der Waals surface area contributed by atoms with Gasteiger partial charge in [0.15, 0.2) is 0 Å². The van der Waals surface area contributed by atoms with Gasteiger partial charge >= 0.3 is 5.97 Å². The van der Waals surface area contributed by atoms with Crippen molar-refractivity contribution in [2.24, 2.45) is 0 Å². The lowest BCUT2D eigenvalue weighted by molar-refractivity contribution is 0.0525. The second-order valence-corrected chi connectivity index (χ2v) is 11.0. The van der Waals surface area contributed by atoms with Gasteiger partial charge in [-0.3, -0.25) is 9.48 Å². The highest BCUT2D eigenvalue weighted by atomic mass is 16.5. The summed E-state index contributed by atoms with van der Waals surface area (Å²) in [7, 11) is 1.68. The zero-order chi connectivity index (χ0) is 30.0. The normalized spacial score (nSPS) is 12.6. The second kappa shape index (κ2) is 12.4. The molecule has 3 heterocycles. The number of fused-ring (bicyclic) bond motifs is 5. The van der Waals surface area contributed by atoms with Crippen LogP contribution in [-0.2, 0) is 17.8 Å². The third-order valence-corrected chi connectivity index (χ3v) is 8.33. The monoisotopic (exact) mass is 567 g/mol. The van der Waals surface area contributed by atoms with Crippen LogP contribution >= 0.6 is 0 Å². The molecule has 0 radical (unpaired) electrons. The molecular formula is C35H41N3O4. The Labute approximate surface area is 248 Å². The summed E-state index contributed by atoms with van der Waals surface area (Å²) in [6.07, 6.45) is 7.41. The number of carbonyl (C=O) groups is 2. The average Bonchev–Trinajstić information content (AvgIpc) is 3.44. The molecule has 0 bridgehead atoms. The minimum atomic E-state index is -0.367. The van der Waals surface area contributed by atoms with Gasteiger partial charge in [0.1, 0.15) is 17.6 Å². The molecule has 0 aliphatic carbocycles. The van der Waals surface area contributed by atoms with Crippen LogP contribution in [0.1, 0.15) is 103 Å². The lowest BCUT2D eigenvalue weighted by atomic mass is 9.86. The number of hydrogen-bond donors (Lipinski definition) is 0. The van der Waals surface area contributed by atoms with E-state index in [0.717, 1.165) is 65.6 Å². The summed E-state index contributed by atoms with van der Waals surface area (Å²) in [5.74, 6) is 0.771. The van der Waals surface area contributed by atoms with Gasteiger partial charge in [0.05, 0.1) is 37.3 Å². The molecule has 0 amide bonds. The Bertz CT molecular complexity index is 1670. The highest BCUT2D eigenvalue weighted by Gasteiger charge is 2.31. The van der Waals surface area contributed by atoms with Crippen LogP contribution in [0.4, 0.5) is 0 Å². The number of ether oxygens (including phenoxy) is 2. The van der Waals surface area contributed by atoms with E-state index in [2.05, 4.69) is 42.7 Å². The summed E-state index contributed by atoms with van der Waals surface area (Å²) in [6, 6.07) is 12.3. The third-order valence-electron chi connectivity index (χ3n) is 8.33. The van der Waals surface area contributed by atoms with Gasteiger partial charge < -0.3 is 14.0 Å². The lowest BCUT2D eigenvalue weighted by Gasteiger charge is -2.20. The fraction of sp³-hybridized carbons (Fsp3) is 0.400. The van der Waals surface area contributed by atoms with E-state index in [1.165, 1.54) is 16.6 Å². The van der Waals surface area contributed by atoms with Crippen LogP contribution in [0.15, 0.2) is 36.4 Å². The first kappa shape index (κ1) is 29.4. The van der Waals surface area contributed by atoms with Crippen LogP contribution in [-0.4, -0.2) is 40.3 Å². The van der Waals surface area contributed by atoms with Crippen LogP contribution < -0.4 is 4.74 Å². The van der Waals surface area contributed by atoms with E-state index in [1.54, 1.807) is 7.11 Å². The Hall–Kier alpha value is -4.13. The molecule has 0 fully saturated rings. The molecule has 0 atom stereocenters. The summed E-state index contributed by atoms with van der Waals surface area (Å²) >= 11 is 0. The Kier molecular flexibility index (Phi) is 8.66. The van der Waals surface area contributed by atoms with Crippen molar-refractivity contribution in [1.82, 2.24) is 14.3 Å². The average molecular weight is 568 g/mol. The predicted molar refractivity (Wildman–Crippen MR) is 168 cm³/mol. The molecule has 4 aromatic rings. The number of nitrogens with zero attached hydrogens (tertiary/aromatic N) is 3. The maximum atomic E-state index is 13.3. The molecule has 7 nitrogen and oxygen atoms in total. The number of hydrogen-bond acceptors (Lipinski definition) is 5. The van der Waals surface area contributed by atoms with E-state index in [1.807, 2.05) is 43.7 Å². The summed E-state index contributed by atoms with van der Waals surface area (Å²) in [5.41, 5.74) is 9.16. The highest BCUT2D eigenvalue weighted by Crippen LogP contribution is 2.46. The molecule has 1 aliphatic heterocycles. The van der Waals surface area contributed by atoms with Gasteiger partial charge in [-0.2, -0.15) is 5.10 Å². The van der Waals surface area contributed by atoms with Crippen LogP contribution in [0.3, 0.4) is 0 Å². The molecule has 220 valence electrons. The molecule has 1 aliphatic rings. The largest absolute Gasteiger partial charge is 0.497 e. The van der Waals surface area contributed by atoms with Crippen LogP contribution in [0.25, 0.3) is 33.8 Å². The third kappa shape index (κ3) is 5.06. The molecule has 42 heavy (non-hydrogen) atoms. The van der Waals surface area contributed by atoms with Gasteiger partial charge in [0.2, 0.25) is 0 Å². The van der Waals surface area contributed by atoms with Crippen molar-refractivity contribution in [1.29, 1.82) is 0 Å². The highest BCUT2D eigenvalue weighted by molar-refractivity contribution is 6.02. The van der Waals surface area contributed by atoms with E-state index in [0.29, 0.717) is 35.8 Å². The standard InChI is InChI=1S/C35H41N3O4/c1-7-11-24(12-8-2)32-29-15-13-23(21-39)17-30(29)37-20-26(18-25-19-27(41-6)14-16-28(25)34(32)37)33-31(35(40)42-10-4)22(5)36-38(33)9-3/h13-19,21,24H,7-12,20H2,1-6H3. The smallest absolute Gasteiger partial charge is 0.342 e. The van der Waals surface area contributed by atoms with Gasteiger partial charge in [0, 0.05) is 28.6 Å². The number of rotatable bonds is 11. The molecule has 5 rings (SSSR count). The fourth-order valence-corrected chi connectivity index (χ4v) is 6.60. The quantitative estimate of drug-likeness (QED) is 0.135. The summed E-state index contributed by atoms with van der Waals surface area (Å²) in [6.45, 7) is 11.6. The SMILES string of the molecule is CCCC(CCC)c1c2n(c3cc(C=O)ccc13)CC(c1c(C(=O)OCC)c(C)nn1CC)=Cc1cc(OC)ccc1-2. The number of benzene rings is 2. The topological polar surface area (TPSA) is 75.4 Å². The zero-order valence-corrected chi connectivity index (χ0v) is 25.6. The molecule has 0 unspecified atom stereocenters. The minimum Gasteiger partial charge on any atom is -0.497 e. The van der Waals surface area contributed by atoms with Crippen molar-refractivity contribution in [2.75, 3.05) is 13.7 Å². The second-order valence-electron chi connectivity index (χ2n) is 11.0. The number of carbonyl (C=O) groups excluding carboxylic acids is 2. The van der Waals surface area contributed by atoms with Crippen LogP contribution in [0.2, 0.25) is 0 Å². The molecule has 7 heteroatoms. The first-order valence-electron chi connectivity index (χ1n) is 15.2. The van der Waals surface area contributed by atoms with E-state index < -0.39 is 0 Å². The molecule has 0 spiro atoms. The lowest BCUT2D eigenvalue weighted by Crippen LogP contribution is -2.12. The van der Waals surface area contributed by atoms with E-state index in [4.69, 9.17) is 14.6 Å². The van der Waals surface area contributed by atoms with Crippen LogP contribution in [0, 0.1) is 6.92 Å². The summed E-state index contributed by atoms with van der Waals surface area (Å²) < 4.78 is 15.4. The van der Waals surface area contributed by atoms with E-state index in [9.17, 15) is 9.59 Å². The van der Waals surface area contributed by atoms with Crippen molar-refractivity contribution < 1.29 is 19.1 Å². The number of allylic oxidation sites excluding steroid dienone is 1. The van der Waals surface area contributed by atoms with E-state index >= 15 is 0 Å². The van der Waals surface area contributed by atoms with Crippen molar-refractivity contribution in [3.63, 3.8) is 0 Å². The molecular weight excluding hydrogens is 526 g/mol. The first-order chi connectivity index (χ1) is 20.4.